The molecule has 0 bridgehead atoms. The monoisotopic (exact) mass is 370 g/mol. The Kier molecular flexibility index (Phi) is 5.93. The van der Waals surface area contributed by atoms with Crippen molar-refractivity contribution in [3.63, 3.8) is 0 Å². The van der Waals surface area contributed by atoms with Crippen molar-refractivity contribution < 1.29 is 64.7 Å². The molecule has 13 heteroatoms. The molecule has 13 nitrogen and oxygen atoms in total. The molecular weight excluding hydrogens is 352 g/mol. The van der Waals surface area contributed by atoms with Crippen molar-refractivity contribution in [2.75, 3.05) is 0 Å². The van der Waals surface area contributed by atoms with Crippen molar-refractivity contribution in [3.05, 3.63) is 0 Å². The second-order valence-corrected chi connectivity index (χ2v) is 5.60. The van der Waals surface area contributed by atoms with Gasteiger partial charge in [-0.05, 0) is 0 Å². The average molecular weight is 370 g/mol. The number of carbonyl (C=O) groups is 2. The molecule has 0 aliphatic carbocycles. The highest BCUT2D eigenvalue weighted by molar-refractivity contribution is 5.74. The van der Waals surface area contributed by atoms with Gasteiger partial charge in [-0.15, -0.1) is 0 Å². The van der Waals surface area contributed by atoms with Crippen molar-refractivity contribution in [2.24, 2.45) is 0 Å². The van der Waals surface area contributed by atoms with Crippen molar-refractivity contribution >= 4 is 11.9 Å². The number of aliphatic hydroxyl groups excluding tert-OH is 6. The lowest BCUT2D eigenvalue weighted by molar-refractivity contribution is -0.346. The molecule has 10 atom stereocenters. The zero-order valence-electron chi connectivity index (χ0n) is 12.4. The molecular formula is C12H18O13. The second-order valence-electron chi connectivity index (χ2n) is 5.60. The Bertz CT molecular complexity index is 511. The van der Waals surface area contributed by atoms with Gasteiger partial charge in [0.1, 0.15) is 36.6 Å². The maximum Gasteiger partial charge on any atom is 0.335 e. The largest absolute Gasteiger partial charge is 0.479 e. The third-order valence-electron chi connectivity index (χ3n) is 3.91. The Morgan fingerprint density at radius 3 is 1.76 bits per heavy atom. The SMILES string of the molecule is O=C(O)[C@H]1O[C@H](O[C@@H]2[C@@H](O)[C@H](O)[C@H](O)O[C@@H]2C(=O)O)[C@H](O)[C@H](O)[C@@H]1O. The summed E-state index contributed by atoms with van der Waals surface area (Å²) in [5.41, 5.74) is 0. The molecule has 2 fully saturated rings. The Hall–Kier alpha value is -1.42. The van der Waals surface area contributed by atoms with Crippen LogP contribution in [0, 0.1) is 0 Å². The average Bonchev–Trinajstić information content (AvgIpc) is 2.54. The molecule has 0 aromatic carbocycles. The normalized spacial score (nSPS) is 48.1. The van der Waals surface area contributed by atoms with E-state index < -0.39 is 73.4 Å². The summed E-state index contributed by atoms with van der Waals surface area (Å²) in [6.45, 7) is 0. The number of ether oxygens (including phenoxy) is 3. The van der Waals surface area contributed by atoms with Crippen LogP contribution < -0.4 is 0 Å². The molecule has 0 saturated carbocycles. The van der Waals surface area contributed by atoms with Crippen LogP contribution >= 0.6 is 0 Å². The van der Waals surface area contributed by atoms with Gasteiger partial charge in [0, 0.05) is 0 Å². The lowest BCUT2D eigenvalue weighted by Crippen LogP contribution is -2.65. The maximum absolute atomic E-state index is 11.2. The van der Waals surface area contributed by atoms with Gasteiger partial charge >= 0.3 is 11.9 Å². The van der Waals surface area contributed by atoms with Crippen molar-refractivity contribution in [3.8, 4) is 0 Å². The van der Waals surface area contributed by atoms with Crippen molar-refractivity contribution in [1.82, 2.24) is 0 Å². The van der Waals surface area contributed by atoms with Gasteiger partial charge in [-0.3, -0.25) is 0 Å². The number of carboxylic acid groups (broad SMARTS) is 2. The summed E-state index contributed by atoms with van der Waals surface area (Å²) < 4.78 is 14.4. The van der Waals surface area contributed by atoms with Crippen LogP contribution in [0.1, 0.15) is 0 Å². The summed E-state index contributed by atoms with van der Waals surface area (Å²) in [5.74, 6) is -3.39. The predicted octanol–water partition coefficient (Wildman–Crippen LogP) is -5.21. The molecule has 0 amide bonds. The summed E-state index contributed by atoms with van der Waals surface area (Å²) in [6.07, 6.45) is -19.9. The summed E-state index contributed by atoms with van der Waals surface area (Å²) in [6, 6.07) is 0. The van der Waals surface area contributed by atoms with Gasteiger partial charge in [0.05, 0.1) is 0 Å². The molecule has 25 heavy (non-hydrogen) atoms. The Balaban J connectivity index is 2.22. The molecule has 2 rings (SSSR count). The van der Waals surface area contributed by atoms with Crippen LogP contribution in [0.2, 0.25) is 0 Å². The molecule has 2 saturated heterocycles. The minimum atomic E-state index is -2.03. The summed E-state index contributed by atoms with van der Waals surface area (Å²) in [7, 11) is 0. The van der Waals surface area contributed by atoms with Gasteiger partial charge in [-0.25, -0.2) is 9.59 Å². The van der Waals surface area contributed by atoms with Gasteiger partial charge in [0.15, 0.2) is 24.8 Å². The van der Waals surface area contributed by atoms with Crippen molar-refractivity contribution in [2.45, 2.75) is 61.4 Å². The van der Waals surface area contributed by atoms with E-state index in [4.69, 9.17) is 19.7 Å². The molecule has 8 N–H and O–H groups in total. The molecule has 144 valence electrons. The summed E-state index contributed by atoms with van der Waals surface area (Å²) >= 11 is 0. The number of hydrogen-bond donors (Lipinski definition) is 8. The van der Waals surface area contributed by atoms with Gasteiger partial charge in [-0.1, -0.05) is 0 Å². The lowest BCUT2D eigenvalue weighted by atomic mass is 9.96. The highest BCUT2D eigenvalue weighted by Gasteiger charge is 2.53. The zero-order valence-corrected chi connectivity index (χ0v) is 12.4. The molecule has 0 unspecified atom stereocenters. The fourth-order valence-corrected chi connectivity index (χ4v) is 2.52. The summed E-state index contributed by atoms with van der Waals surface area (Å²) in [5, 5.41) is 75.9. The number of aliphatic hydroxyl groups is 6. The topological polar surface area (TPSA) is 224 Å². The van der Waals surface area contributed by atoms with Crippen LogP contribution in [0.4, 0.5) is 0 Å². The first-order valence-electron chi connectivity index (χ1n) is 7.06. The van der Waals surface area contributed by atoms with E-state index in [1.807, 2.05) is 0 Å². The number of aliphatic carboxylic acids is 2. The smallest absolute Gasteiger partial charge is 0.335 e. The van der Waals surface area contributed by atoms with Gasteiger partial charge in [-0.2, -0.15) is 0 Å². The fourth-order valence-electron chi connectivity index (χ4n) is 2.52. The van der Waals surface area contributed by atoms with Crippen LogP contribution in [0.3, 0.4) is 0 Å². The summed E-state index contributed by atoms with van der Waals surface area (Å²) in [4.78, 5) is 22.2. The van der Waals surface area contributed by atoms with E-state index in [0.717, 1.165) is 0 Å². The van der Waals surface area contributed by atoms with E-state index in [9.17, 15) is 40.2 Å². The number of rotatable bonds is 4. The minimum Gasteiger partial charge on any atom is -0.479 e. The number of hydrogen-bond acceptors (Lipinski definition) is 11. The number of carboxylic acids is 2. The van der Waals surface area contributed by atoms with E-state index in [-0.39, 0.29) is 0 Å². The van der Waals surface area contributed by atoms with E-state index in [1.165, 1.54) is 0 Å². The van der Waals surface area contributed by atoms with Crippen LogP contribution in [0.5, 0.6) is 0 Å². The van der Waals surface area contributed by atoms with E-state index in [1.54, 1.807) is 0 Å². The minimum absolute atomic E-state index is 1.70. The molecule has 0 radical (unpaired) electrons. The molecule has 2 aliphatic rings. The van der Waals surface area contributed by atoms with Crippen LogP contribution in [-0.4, -0.2) is 114 Å². The standard InChI is InChI=1S/C12H18O13/c13-1-2(14)7(9(18)19)25-12(5(1)17)24-6-3(15)4(16)11(22)23-8(6)10(20)21/h1-8,11-17,22H,(H,18,19)(H,20,21)/t1-,2+,3+,4+,5-,6-,7+,8+,11-,12+/m1/s1. The zero-order chi connectivity index (χ0) is 19.0. The first-order valence-corrected chi connectivity index (χ1v) is 7.06. The highest BCUT2D eigenvalue weighted by Crippen LogP contribution is 2.28. The van der Waals surface area contributed by atoms with Crippen LogP contribution in [0.15, 0.2) is 0 Å². The third-order valence-corrected chi connectivity index (χ3v) is 3.91. The third kappa shape index (κ3) is 3.74. The molecule has 0 aromatic heterocycles. The first kappa shape index (κ1) is 19.9. The van der Waals surface area contributed by atoms with Gasteiger partial charge in [0.25, 0.3) is 0 Å². The van der Waals surface area contributed by atoms with Crippen molar-refractivity contribution in [1.29, 1.82) is 0 Å². The Labute approximate surface area is 139 Å². The van der Waals surface area contributed by atoms with E-state index in [2.05, 4.69) is 4.74 Å². The quantitative estimate of drug-likeness (QED) is 0.232. The van der Waals surface area contributed by atoms with E-state index >= 15 is 0 Å². The molecule has 0 aromatic rings. The molecule has 2 heterocycles. The Morgan fingerprint density at radius 2 is 1.24 bits per heavy atom. The van der Waals surface area contributed by atoms with Gasteiger partial charge in [0.2, 0.25) is 0 Å². The van der Waals surface area contributed by atoms with Gasteiger partial charge < -0.3 is 55.1 Å². The molecule has 0 spiro atoms. The first-order chi connectivity index (χ1) is 11.6. The van der Waals surface area contributed by atoms with Crippen LogP contribution in [0.25, 0.3) is 0 Å². The lowest BCUT2D eigenvalue weighted by Gasteiger charge is -2.44. The Morgan fingerprint density at radius 1 is 0.680 bits per heavy atom. The highest BCUT2D eigenvalue weighted by atomic mass is 16.7. The predicted molar refractivity (Wildman–Crippen MR) is 69.7 cm³/mol. The maximum atomic E-state index is 11.2. The van der Waals surface area contributed by atoms with Crippen LogP contribution in [-0.2, 0) is 23.8 Å². The fraction of sp³-hybridized carbons (Fsp3) is 0.833. The molecule has 2 aliphatic heterocycles. The second kappa shape index (κ2) is 7.45. The van der Waals surface area contributed by atoms with E-state index in [0.29, 0.717) is 0 Å².